The van der Waals surface area contributed by atoms with Crippen LogP contribution in [0.4, 0.5) is 11.4 Å². The number of nitro groups is 1. The lowest BCUT2D eigenvalue weighted by Crippen LogP contribution is -2.12. The number of rotatable bonds is 7. The standard InChI is InChI=1S/C13H16N2O5/c1-9-10(5-4-6-11(9)15(19)20)14-12(16)7-2-3-8-13(17)18/h4-6H,2-3,7-8H2,1H3,(H,14,16)(H,17,18). The lowest BCUT2D eigenvalue weighted by Gasteiger charge is -2.08. The summed E-state index contributed by atoms with van der Waals surface area (Å²) in [6, 6.07) is 4.47. The van der Waals surface area contributed by atoms with Gasteiger partial charge in [0.2, 0.25) is 5.91 Å². The van der Waals surface area contributed by atoms with Gasteiger partial charge >= 0.3 is 5.97 Å². The van der Waals surface area contributed by atoms with Gasteiger partial charge in [0.25, 0.3) is 5.69 Å². The van der Waals surface area contributed by atoms with E-state index in [-0.39, 0.29) is 24.4 Å². The Morgan fingerprint density at radius 3 is 2.55 bits per heavy atom. The van der Waals surface area contributed by atoms with E-state index in [4.69, 9.17) is 5.11 Å². The monoisotopic (exact) mass is 280 g/mol. The lowest BCUT2D eigenvalue weighted by atomic mass is 10.1. The molecule has 0 spiro atoms. The van der Waals surface area contributed by atoms with Gasteiger partial charge in [0.1, 0.15) is 0 Å². The van der Waals surface area contributed by atoms with Crippen LogP contribution in [0.3, 0.4) is 0 Å². The molecule has 0 aliphatic rings. The Morgan fingerprint density at radius 2 is 1.95 bits per heavy atom. The normalized spacial score (nSPS) is 10.1. The maximum Gasteiger partial charge on any atom is 0.303 e. The first-order chi connectivity index (χ1) is 9.41. The molecule has 0 saturated heterocycles. The van der Waals surface area contributed by atoms with Crippen LogP contribution < -0.4 is 5.32 Å². The van der Waals surface area contributed by atoms with Crippen molar-refractivity contribution >= 4 is 23.3 Å². The van der Waals surface area contributed by atoms with Gasteiger partial charge in [0.15, 0.2) is 0 Å². The van der Waals surface area contributed by atoms with Gasteiger partial charge in [-0.05, 0) is 25.8 Å². The van der Waals surface area contributed by atoms with Crippen molar-refractivity contribution in [3.05, 3.63) is 33.9 Å². The maximum absolute atomic E-state index is 11.7. The number of nitro benzene ring substituents is 1. The van der Waals surface area contributed by atoms with Crippen LogP contribution in [-0.4, -0.2) is 21.9 Å². The zero-order valence-electron chi connectivity index (χ0n) is 11.1. The summed E-state index contributed by atoms with van der Waals surface area (Å²) in [5.74, 6) is -1.17. The van der Waals surface area contributed by atoms with E-state index in [2.05, 4.69) is 5.32 Å². The second-order valence-electron chi connectivity index (χ2n) is 4.36. The molecule has 7 nitrogen and oxygen atoms in total. The van der Waals surface area contributed by atoms with Crippen molar-refractivity contribution in [3.8, 4) is 0 Å². The number of unbranched alkanes of at least 4 members (excludes halogenated alkanes) is 1. The largest absolute Gasteiger partial charge is 0.481 e. The smallest absolute Gasteiger partial charge is 0.303 e. The Kier molecular flexibility index (Phi) is 5.64. The molecule has 0 aliphatic heterocycles. The van der Waals surface area contributed by atoms with Gasteiger partial charge in [-0.1, -0.05) is 6.07 Å². The number of carboxylic acids is 1. The molecule has 1 aromatic carbocycles. The third-order valence-corrected chi connectivity index (χ3v) is 2.82. The summed E-state index contributed by atoms with van der Waals surface area (Å²) < 4.78 is 0. The van der Waals surface area contributed by atoms with Crippen LogP contribution in [0.5, 0.6) is 0 Å². The molecule has 0 unspecified atom stereocenters. The lowest BCUT2D eigenvalue weighted by molar-refractivity contribution is -0.385. The molecule has 0 bridgehead atoms. The number of carboxylic acid groups (broad SMARTS) is 1. The number of carbonyl (C=O) groups is 2. The number of carbonyl (C=O) groups excluding carboxylic acids is 1. The van der Waals surface area contributed by atoms with E-state index in [0.717, 1.165) is 0 Å². The highest BCUT2D eigenvalue weighted by Crippen LogP contribution is 2.25. The van der Waals surface area contributed by atoms with E-state index in [1.165, 1.54) is 12.1 Å². The fourth-order valence-corrected chi connectivity index (χ4v) is 1.73. The van der Waals surface area contributed by atoms with Crippen LogP contribution in [0.25, 0.3) is 0 Å². The first kappa shape index (κ1) is 15.6. The van der Waals surface area contributed by atoms with Crippen LogP contribution in [0.1, 0.15) is 31.2 Å². The van der Waals surface area contributed by atoms with E-state index < -0.39 is 10.9 Å². The molecular weight excluding hydrogens is 264 g/mol. The minimum Gasteiger partial charge on any atom is -0.481 e. The highest BCUT2D eigenvalue weighted by Gasteiger charge is 2.14. The maximum atomic E-state index is 11.7. The second kappa shape index (κ2) is 7.22. The Balaban J connectivity index is 2.56. The molecule has 0 heterocycles. The van der Waals surface area contributed by atoms with Crippen molar-refractivity contribution in [3.63, 3.8) is 0 Å². The molecular formula is C13H16N2O5. The zero-order valence-corrected chi connectivity index (χ0v) is 11.1. The molecule has 0 saturated carbocycles. The quantitative estimate of drug-likeness (QED) is 0.453. The Labute approximate surface area is 115 Å². The summed E-state index contributed by atoms with van der Waals surface area (Å²) >= 11 is 0. The van der Waals surface area contributed by atoms with Crippen molar-refractivity contribution in [2.45, 2.75) is 32.6 Å². The number of aliphatic carboxylic acids is 1. The summed E-state index contributed by atoms with van der Waals surface area (Å²) in [6.07, 6.45) is 1.11. The first-order valence-corrected chi connectivity index (χ1v) is 6.17. The summed E-state index contributed by atoms with van der Waals surface area (Å²) in [6.45, 7) is 1.57. The minimum atomic E-state index is -0.889. The Hall–Kier alpha value is -2.44. The van der Waals surface area contributed by atoms with E-state index in [9.17, 15) is 19.7 Å². The summed E-state index contributed by atoms with van der Waals surface area (Å²) in [7, 11) is 0. The van der Waals surface area contributed by atoms with Gasteiger partial charge in [0.05, 0.1) is 16.2 Å². The van der Waals surface area contributed by atoms with Gasteiger partial charge in [0, 0.05) is 18.9 Å². The molecule has 7 heteroatoms. The van der Waals surface area contributed by atoms with Crippen molar-refractivity contribution in [2.24, 2.45) is 0 Å². The van der Waals surface area contributed by atoms with Crippen molar-refractivity contribution in [1.29, 1.82) is 0 Å². The third kappa shape index (κ3) is 4.68. The van der Waals surface area contributed by atoms with E-state index in [1.54, 1.807) is 13.0 Å². The SMILES string of the molecule is Cc1c(NC(=O)CCCCC(=O)O)cccc1[N+](=O)[O-]. The highest BCUT2D eigenvalue weighted by atomic mass is 16.6. The van der Waals surface area contributed by atoms with Gasteiger partial charge in [-0.3, -0.25) is 19.7 Å². The van der Waals surface area contributed by atoms with Crippen LogP contribution in [-0.2, 0) is 9.59 Å². The summed E-state index contributed by atoms with van der Waals surface area (Å²) in [5.41, 5.74) is 0.757. The highest BCUT2D eigenvalue weighted by molar-refractivity contribution is 5.92. The molecule has 0 atom stereocenters. The number of hydrogen-bond donors (Lipinski definition) is 2. The number of nitrogens with zero attached hydrogens (tertiary/aromatic N) is 1. The molecule has 0 aromatic heterocycles. The van der Waals surface area contributed by atoms with E-state index in [0.29, 0.717) is 24.1 Å². The molecule has 20 heavy (non-hydrogen) atoms. The number of hydrogen-bond acceptors (Lipinski definition) is 4. The number of benzene rings is 1. The molecule has 1 amide bonds. The molecule has 2 N–H and O–H groups in total. The van der Waals surface area contributed by atoms with E-state index >= 15 is 0 Å². The van der Waals surface area contributed by atoms with Crippen LogP contribution in [0, 0.1) is 17.0 Å². The zero-order chi connectivity index (χ0) is 15.1. The first-order valence-electron chi connectivity index (χ1n) is 6.17. The van der Waals surface area contributed by atoms with Crippen LogP contribution in [0.15, 0.2) is 18.2 Å². The van der Waals surface area contributed by atoms with Crippen LogP contribution >= 0.6 is 0 Å². The Bertz CT molecular complexity index is 527. The molecule has 0 fully saturated rings. The average Bonchev–Trinajstić information content (AvgIpc) is 2.36. The molecule has 1 aromatic rings. The molecule has 0 radical (unpaired) electrons. The summed E-state index contributed by atoms with van der Waals surface area (Å²) in [4.78, 5) is 32.2. The fourth-order valence-electron chi connectivity index (χ4n) is 1.73. The average molecular weight is 280 g/mol. The molecule has 1 rings (SSSR count). The van der Waals surface area contributed by atoms with Gasteiger partial charge in [-0.15, -0.1) is 0 Å². The van der Waals surface area contributed by atoms with Gasteiger partial charge < -0.3 is 10.4 Å². The fraction of sp³-hybridized carbons (Fsp3) is 0.385. The predicted octanol–water partition coefficient (Wildman–Crippen LogP) is 2.49. The summed E-state index contributed by atoms with van der Waals surface area (Å²) in [5, 5.41) is 21.8. The topological polar surface area (TPSA) is 110 Å². The van der Waals surface area contributed by atoms with Crippen molar-refractivity contribution < 1.29 is 19.6 Å². The number of amides is 1. The molecule has 108 valence electrons. The van der Waals surface area contributed by atoms with Gasteiger partial charge in [-0.2, -0.15) is 0 Å². The predicted molar refractivity (Wildman–Crippen MR) is 72.6 cm³/mol. The number of nitrogens with one attached hydrogen (secondary N) is 1. The second-order valence-corrected chi connectivity index (χ2v) is 4.36. The van der Waals surface area contributed by atoms with Crippen LogP contribution in [0.2, 0.25) is 0 Å². The van der Waals surface area contributed by atoms with Crippen molar-refractivity contribution in [2.75, 3.05) is 5.32 Å². The number of anilines is 1. The molecule has 0 aliphatic carbocycles. The Morgan fingerprint density at radius 1 is 1.30 bits per heavy atom. The van der Waals surface area contributed by atoms with Crippen molar-refractivity contribution in [1.82, 2.24) is 0 Å². The third-order valence-electron chi connectivity index (χ3n) is 2.82. The minimum absolute atomic E-state index is 0.0309. The van der Waals surface area contributed by atoms with Gasteiger partial charge in [-0.25, -0.2) is 0 Å². The van der Waals surface area contributed by atoms with E-state index in [1.807, 2.05) is 0 Å².